The van der Waals surface area contributed by atoms with Gasteiger partial charge in [0, 0.05) is 11.0 Å². The SMILES string of the molecule is CCOc1cccc(N2C(=O)C(Sc3ccccc3)=C(c3ccc(OC)cc3)C2=O)c1. The fraction of sp³-hybridized carbons (Fsp3) is 0.120. The summed E-state index contributed by atoms with van der Waals surface area (Å²) in [6.45, 7) is 2.38. The van der Waals surface area contributed by atoms with Crippen molar-refractivity contribution >= 4 is 34.8 Å². The number of benzene rings is 3. The Hall–Kier alpha value is -3.51. The lowest BCUT2D eigenvalue weighted by Gasteiger charge is -2.16. The molecular formula is C25H21NO4S. The van der Waals surface area contributed by atoms with E-state index in [2.05, 4.69) is 0 Å². The van der Waals surface area contributed by atoms with E-state index in [-0.39, 0.29) is 11.8 Å². The fourth-order valence-corrected chi connectivity index (χ4v) is 4.35. The summed E-state index contributed by atoms with van der Waals surface area (Å²) >= 11 is 1.29. The number of carbonyl (C=O) groups excluding carboxylic acids is 2. The molecule has 5 nitrogen and oxygen atoms in total. The van der Waals surface area contributed by atoms with Crippen LogP contribution in [0.1, 0.15) is 12.5 Å². The summed E-state index contributed by atoms with van der Waals surface area (Å²) < 4.78 is 10.8. The Morgan fingerprint density at radius 3 is 2.26 bits per heavy atom. The second kappa shape index (κ2) is 9.10. The van der Waals surface area contributed by atoms with Crippen LogP contribution in [-0.2, 0) is 9.59 Å². The van der Waals surface area contributed by atoms with Gasteiger partial charge in [0.1, 0.15) is 11.5 Å². The lowest BCUT2D eigenvalue weighted by atomic mass is 10.1. The Kier molecular flexibility index (Phi) is 6.09. The van der Waals surface area contributed by atoms with Crippen LogP contribution in [0.2, 0.25) is 0 Å². The molecule has 1 aliphatic rings. The lowest BCUT2D eigenvalue weighted by molar-refractivity contribution is -0.119. The molecule has 2 amide bonds. The van der Waals surface area contributed by atoms with Crippen molar-refractivity contribution in [1.82, 2.24) is 0 Å². The molecule has 1 heterocycles. The minimum Gasteiger partial charge on any atom is -0.497 e. The van der Waals surface area contributed by atoms with Gasteiger partial charge in [0.25, 0.3) is 11.8 Å². The molecule has 0 saturated heterocycles. The van der Waals surface area contributed by atoms with Gasteiger partial charge in [-0.15, -0.1) is 0 Å². The number of carbonyl (C=O) groups is 2. The number of hydrogen-bond acceptors (Lipinski definition) is 5. The van der Waals surface area contributed by atoms with Crippen LogP contribution in [0.5, 0.6) is 11.5 Å². The van der Waals surface area contributed by atoms with Crippen molar-refractivity contribution in [3.05, 3.63) is 89.3 Å². The molecule has 4 rings (SSSR count). The number of anilines is 1. The van der Waals surface area contributed by atoms with Crippen molar-refractivity contribution in [2.45, 2.75) is 11.8 Å². The number of imide groups is 1. The Labute approximate surface area is 185 Å². The number of hydrogen-bond donors (Lipinski definition) is 0. The Balaban J connectivity index is 1.78. The van der Waals surface area contributed by atoms with Gasteiger partial charge in [-0.3, -0.25) is 9.59 Å². The average molecular weight is 432 g/mol. The highest BCUT2D eigenvalue weighted by atomic mass is 32.2. The maximum atomic E-state index is 13.5. The van der Waals surface area contributed by atoms with E-state index < -0.39 is 0 Å². The van der Waals surface area contributed by atoms with E-state index >= 15 is 0 Å². The van der Waals surface area contributed by atoms with Crippen molar-refractivity contribution < 1.29 is 19.1 Å². The van der Waals surface area contributed by atoms with Crippen LogP contribution in [0.4, 0.5) is 5.69 Å². The highest BCUT2D eigenvalue weighted by Gasteiger charge is 2.40. The molecule has 0 radical (unpaired) electrons. The summed E-state index contributed by atoms with van der Waals surface area (Å²) in [5.74, 6) is 0.580. The van der Waals surface area contributed by atoms with Gasteiger partial charge in [0.05, 0.1) is 29.9 Å². The minimum atomic E-state index is -0.359. The molecule has 3 aromatic rings. The molecule has 0 saturated carbocycles. The van der Waals surface area contributed by atoms with E-state index in [1.54, 1.807) is 55.6 Å². The topological polar surface area (TPSA) is 55.8 Å². The molecule has 0 aliphatic carbocycles. The van der Waals surface area contributed by atoms with Crippen molar-refractivity contribution in [1.29, 1.82) is 0 Å². The second-order valence-electron chi connectivity index (χ2n) is 6.72. The van der Waals surface area contributed by atoms with Crippen LogP contribution in [0, 0.1) is 0 Å². The number of nitrogens with zero attached hydrogens (tertiary/aromatic N) is 1. The highest BCUT2D eigenvalue weighted by molar-refractivity contribution is 8.04. The van der Waals surface area contributed by atoms with Crippen molar-refractivity contribution in [2.75, 3.05) is 18.6 Å². The van der Waals surface area contributed by atoms with E-state index in [1.807, 2.05) is 37.3 Å². The Morgan fingerprint density at radius 1 is 0.839 bits per heavy atom. The molecule has 3 aromatic carbocycles. The number of amides is 2. The Morgan fingerprint density at radius 2 is 1.58 bits per heavy atom. The summed E-state index contributed by atoms with van der Waals surface area (Å²) in [7, 11) is 1.59. The lowest BCUT2D eigenvalue weighted by Crippen LogP contribution is -2.31. The molecule has 0 unspecified atom stereocenters. The van der Waals surface area contributed by atoms with Crippen molar-refractivity contribution in [2.24, 2.45) is 0 Å². The monoisotopic (exact) mass is 431 g/mol. The van der Waals surface area contributed by atoms with E-state index in [0.29, 0.717) is 39.8 Å². The highest BCUT2D eigenvalue weighted by Crippen LogP contribution is 2.42. The van der Waals surface area contributed by atoms with Crippen LogP contribution < -0.4 is 14.4 Å². The maximum absolute atomic E-state index is 13.5. The van der Waals surface area contributed by atoms with Gasteiger partial charge >= 0.3 is 0 Å². The zero-order valence-corrected chi connectivity index (χ0v) is 18.0. The van der Waals surface area contributed by atoms with E-state index in [0.717, 1.165) is 4.90 Å². The quantitative estimate of drug-likeness (QED) is 0.483. The zero-order valence-electron chi connectivity index (χ0n) is 17.2. The predicted molar refractivity (Wildman–Crippen MR) is 122 cm³/mol. The number of ether oxygens (including phenoxy) is 2. The van der Waals surface area contributed by atoms with Gasteiger partial charge in [-0.1, -0.05) is 48.2 Å². The maximum Gasteiger partial charge on any atom is 0.272 e. The van der Waals surface area contributed by atoms with E-state index in [1.165, 1.54) is 16.7 Å². The second-order valence-corrected chi connectivity index (χ2v) is 7.81. The summed E-state index contributed by atoms with van der Waals surface area (Å²) in [6.07, 6.45) is 0. The van der Waals surface area contributed by atoms with Gasteiger partial charge in [-0.05, 0) is 48.9 Å². The first-order chi connectivity index (χ1) is 15.1. The third-order valence-electron chi connectivity index (χ3n) is 4.77. The molecule has 0 spiro atoms. The van der Waals surface area contributed by atoms with Crippen molar-refractivity contribution in [3.8, 4) is 11.5 Å². The predicted octanol–water partition coefficient (Wildman–Crippen LogP) is 5.17. The normalized spacial score (nSPS) is 13.7. The first-order valence-electron chi connectivity index (χ1n) is 9.85. The molecule has 1 aliphatic heterocycles. The van der Waals surface area contributed by atoms with Gasteiger partial charge in [0.2, 0.25) is 0 Å². The largest absolute Gasteiger partial charge is 0.497 e. The third kappa shape index (κ3) is 4.20. The third-order valence-corrected chi connectivity index (χ3v) is 5.86. The van der Waals surface area contributed by atoms with Crippen molar-refractivity contribution in [3.63, 3.8) is 0 Å². The molecule has 0 aromatic heterocycles. The summed E-state index contributed by atoms with van der Waals surface area (Å²) in [5, 5.41) is 0. The van der Waals surface area contributed by atoms with Crippen LogP contribution >= 0.6 is 11.8 Å². The zero-order chi connectivity index (χ0) is 21.8. The molecule has 0 N–H and O–H groups in total. The summed E-state index contributed by atoms with van der Waals surface area (Å²) in [4.78, 5) is 29.5. The van der Waals surface area contributed by atoms with E-state index in [4.69, 9.17) is 9.47 Å². The van der Waals surface area contributed by atoms with Gasteiger partial charge in [0.15, 0.2) is 0 Å². The molecule has 0 atom stereocenters. The van der Waals surface area contributed by atoms with Crippen LogP contribution in [0.25, 0.3) is 5.57 Å². The van der Waals surface area contributed by atoms with Gasteiger partial charge in [-0.2, -0.15) is 0 Å². The van der Waals surface area contributed by atoms with Crippen LogP contribution in [0.15, 0.2) is 88.7 Å². The number of thioether (sulfide) groups is 1. The molecule has 6 heteroatoms. The summed E-state index contributed by atoms with van der Waals surface area (Å²) in [5.41, 5.74) is 1.53. The molecule has 156 valence electrons. The smallest absolute Gasteiger partial charge is 0.272 e. The number of methoxy groups -OCH3 is 1. The minimum absolute atomic E-state index is 0.349. The first-order valence-corrected chi connectivity index (χ1v) is 10.7. The van der Waals surface area contributed by atoms with Gasteiger partial charge in [-0.25, -0.2) is 4.90 Å². The standard InChI is InChI=1S/C25H21NO4S/c1-3-30-20-9-7-8-18(16-20)26-24(27)22(17-12-14-19(29-2)15-13-17)23(25(26)28)31-21-10-5-4-6-11-21/h4-16H,3H2,1-2H3. The average Bonchev–Trinajstić information content (AvgIpc) is 3.04. The summed E-state index contributed by atoms with van der Waals surface area (Å²) in [6, 6.07) is 23.7. The van der Waals surface area contributed by atoms with Crippen LogP contribution in [0.3, 0.4) is 0 Å². The Bertz CT molecular complexity index is 1140. The first kappa shape index (κ1) is 20.8. The van der Waals surface area contributed by atoms with Gasteiger partial charge < -0.3 is 9.47 Å². The fourth-order valence-electron chi connectivity index (χ4n) is 3.34. The molecule has 0 bridgehead atoms. The van der Waals surface area contributed by atoms with Crippen LogP contribution in [-0.4, -0.2) is 25.5 Å². The molecule has 0 fully saturated rings. The van der Waals surface area contributed by atoms with E-state index in [9.17, 15) is 9.59 Å². The number of rotatable bonds is 7. The molecular weight excluding hydrogens is 410 g/mol. The molecule has 31 heavy (non-hydrogen) atoms.